The Balaban J connectivity index is 1.46. The van der Waals surface area contributed by atoms with Crippen molar-refractivity contribution in [2.24, 2.45) is 0 Å². The second-order valence-corrected chi connectivity index (χ2v) is 7.94. The van der Waals surface area contributed by atoms with E-state index in [9.17, 15) is 9.59 Å². The fourth-order valence-corrected chi connectivity index (χ4v) is 4.57. The number of hydrogen-bond acceptors (Lipinski definition) is 5. The van der Waals surface area contributed by atoms with E-state index in [1.807, 2.05) is 0 Å². The van der Waals surface area contributed by atoms with Crippen LogP contribution in [0.5, 0.6) is 5.75 Å². The van der Waals surface area contributed by atoms with Gasteiger partial charge in [-0.2, -0.15) is 0 Å². The lowest BCUT2D eigenvalue weighted by Crippen LogP contribution is -2.64. The van der Waals surface area contributed by atoms with Gasteiger partial charge in [0.1, 0.15) is 0 Å². The SMILES string of the molecule is CN1C(=O)C(C)(C(=O)N2CCN(C3CCCCC3)CC2)Oc2cccnc21. The van der Waals surface area contributed by atoms with Gasteiger partial charge in [0.2, 0.25) is 0 Å². The van der Waals surface area contributed by atoms with Gasteiger partial charge in [-0.1, -0.05) is 19.3 Å². The minimum atomic E-state index is -1.53. The monoisotopic (exact) mass is 372 g/mol. The molecule has 3 heterocycles. The highest BCUT2D eigenvalue weighted by Crippen LogP contribution is 2.36. The molecule has 1 aliphatic carbocycles. The summed E-state index contributed by atoms with van der Waals surface area (Å²) in [4.78, 5) is 36.1. The molecule has 7 nitrogen and oxygen atoms in total. The molecule has 1 unspecified atom stereocenters. The highest BCUT2D eigenvalue weighted by atomic mass is 16.5. The number of fused-ring (bicyclic) bond motifs is 1. The van der Waals surface area contributed by atoms with Crippen LogP contribution in [0.25, 0.3) is 0 Å². The largest absolute Gasteiger partial charge is 0.464 e. The van der Waals surface area contributed by atoms with E-state index in [0.717, 1.165) is 13.1 Å². The zero-order chi connectivity index (χ0) is 19.0. The van der Waals surface area contributed by atoms with Crippen molar-refractivity contribution in [3.05, 3.63) is 18.3 Å². The van der Waals surface area contributed by atoms with Crippen LogP contribution in [0.2, 0.25) is 0 Å². The van der Waals surface area contributed by atoms with Crippen LogP contribution in [-0.4, -0.2) is 71.5 Å². The van der Waals surface area contributed by atoms with E-state index in [-0.39, 0.29) is 11.8 Å². The third kappa shape index (κ3) is 3.18. The number of nitrogens with zero attached hydrogens (tertiary/aromatic N) is 4. The number of likely N-dealkylation sites (N-methyl/N-ethyl adjacent to an activating group) is 1. The van der Waals surface area contributed by atoms with Gasteiger partial charge in [-0.05, 0) is 31.9 Å². The van der Waals surface area contributed by atoms with Crippen molar-refractivity contribution in [3.63, 3.8) is 0 Å². The number of ether oxygens (including phenoxy) is 1. The van der Waals surface area contributed by atoms with Gasteiger partial charge in [0, 0.05) is 45.5 Å². The van der Waals surface area contributed by atoms with Gasteiger partial charge in [0.15, 0.2) is 11.6 Å². The minimum absolute atomic E-state index is 0.253. The molecular formula is C20H28N4O3. The second-order valence-electron chi connectivity index (χ2n) is 7.94. The predicted molar refractivity (Wildman–Crippen MR) is 102 cm³/mol. The average Bonchev–Trinajstić information content (AvgIpc) is 2.72. The quantitative estimate of drug-likeness (QED) is 0.739. The first-order valence-corrected chi connectivity index (χ1v) is 9.96. The molecule has 7 heteroatoms. The van der Waals surface area contributed by atoms with Crippen LogP contribution in [0.1, 0.15) is 39.0 Å². The van der Waals surface area contributed by atoms with Crippen molar-refractivity contribution in [2.75, 3.05) is 38.1 Å². The van der Waals surface area contributed by atoms with Crippen LogP contribution < -0.4 is 9.64 Å². The molecule has 1 aromatic rings. The molecule has 0 N–H and O–H groups in total. The van der Waals surface area contributed by atoms with Crippen LogP contribution in [0.3, 0.4) is 0 Å². The molecule has 0 aromatic carbocycles. The van der Waals surface area contributed by atoms with E-state index in [0.29, 0.717) is 30.7 Å². The molecule has 146 valence electrons. The van der Waals surface area contributed by atoms with E-state index in [4.69, 9.17) is 4.74 Å². The van der Waals surface area contributed by atoms with Gasteiger partial charge < -0.3 is 9.64 Å². The molecule has 27 heavy (non-hydrogen) atoms. The Labute approximate surface area is 160 Å². The van der Waals surface area contributed by atoms with Crippen LogP contribution in [0, 0.1) is 0 Å². The Morgan fingerprint density at radius 2 is 1.89 bits per heavy atom. The first-order valence-electron chi connectivity index (χ1n) is 9.96. The summed E-state index contributed by atoms with van der Waals surface area (Å²) in [6.45, 7) is 4.61. The second kappa shape index (κ2) is 7.11. The van der Waals surface area contributed by atoms with E-state index >= 15 is 0 Å². The first-order chi connectivity index (χ1) is 13.0. The van der Waals surface area contributed by atoms with Gasteiger partial charge in [-0.15, -0.1) is 0 Å². The van der Waals surface area contributed by atoms with Gasteiger partial charge in [0.25, 0.3) is 17.4 Å². The number of pyridine rings is 1. The standard InChI is InChI=1S/C20H28N4O3/c1-20(18(25)22(2)17-16(27-20)9-6-10-21-17)19(26)24-13-11-23(12-14-24)15-7-4-3-5-8-15/h6,9-10,15H,3-5,7-8,11-14H2,1-2H3. The maximum Gasteiger partial charge on any atom is 0.281 e. The number of anilines is 1. The molecule has 2 amide bonds. The first kappa shape index (κ1) is 18.2. The maximum atomic E-state index is 13.2. The number of aromatic nitrogens is 1. The predicted octanol–water partition coefficient (Wildman–Crippen LogP) is 1.67. The van der Waals surface area contributed by atoms with Crippen molar-refractivity contribution >= 4 is 17.6 Å². The number of carbonyl (C=O) groups is 2. The summed E-state index contributed by atoms with van der Waals surface area (Å²) < 4.78 is 5.90. The Morgan fingerprint density at radius 1 is 1.19 bits per heavy atom. The third-order valence-corrected chi connectivity index (χ3v) is 6.20. The van der Waals surface area contributed by atoms with Crippen molar-refractivity contribution in [1.82, 2.24) is 14.8 Å². The zero-order valence-corrected chi connectivity index (χ0v) is 16.2. The number of piperazine rings is 1. The molecule has 1 atom stereocenters. The van der Waals surface area contributed by atoms with Crippen LogP contribution in [-0.2, 0) is 9.59 Å². The van der Waals surface area contributed by atoms with E-state index in [1.54, 1.807) is 37.2 Å². The van der Waals surface area contributed by atoms with Gasteiger partial charge in [0.05, 0.1) is 0 Å². The van der Waals surface area contributed by atoms with E-state index in [1.165, 1.54) is 37.0 Å². The number of amides is 2. The summed E-state index contributed by atoms with van der Waals surface area (Å²) in [5.41, 5.74) is -1.53. The average molecular weight is 372 g/mol. The summed E-state index contributed by atoms with van der Waals surface area (Å²) in [5.74, 6) is 0.303. The Kier molecular flexibility index (Phi) is 4.80. The third-order valence-electron chi connectivity index (χ3n) is 6.20. The smallest absolute Gasteiger partial charge is 0.281 e. The number of rotatable bonds is 2. The Morgan fingerprint density at radius 3 is 2.59 bits per heavy atom. The highest BCUT2D eigenvalue weighted by molar-refractivity contribution is 6.15. The molecule has 1 aromatic heterocycles. The van der Waals surface area contributed by atoms with Gasteiger partial charge in [-0.3, -0.25) is 19.4 Å². The molecule has 1 saturated heterocycles. The van der Waals surface area contributed by atoms with Crippen molar-refractivity contribution in [3.8, 4) is 5.75 Å². The van der Waals surface area contributed by atoms with Crippen molar-refractivity contribution in [1.29, 1.82) is 0 Å². The molecule has 0 spiro atoms. The molecule has 0 radical (unpaired) electrons. The summed E-state index contributed by atoms with van der Waals surface area (Å²) in [7, 11) is 1.64. The fourth-order valence-electron chi connectivity index (χ4n) is 4.57. The molecule has 2 fully saturated rings. The van der Waals surface area contributed by atoms with Crippen LogP contribution >= 0.6 is 0 Å². The molecule has 4 rings (SSSR count). The number of hydrogen-bond donors (Lipinski definition) is 0. The van der Waals surface area contributed by atoms with Gasteiger partial charge >= 0.3 is 0 Å². The van der Waals surface area contributed by atoms with E-state index < -0.39 is 5.60 Å². The van der Waals surface area contributed by atoms with Crippen molar-refractivity contribution < 1.29 is 14.3 Å². The van der Waals surface area contributed by atoms with E-state index in [2.05, 4.69) is 9.88 Å². The molecule has 3 aliphatic rings. The molecule has 1 saturated carbocycles. The molecule has 0 bridgehead atoms. The summed E-state index contributed by atoms with van der Waals surface area (Å²) in [5, 5.41) is 0. The summed E-state index contributed by atoms with van der Waals surface area (Å²) in [6.07, 6.45) is 8.11. The van der Waals surface area contributed by atoms with Crippen molar-refractivity contribution in [2.45, 2.75) is 50.7 Å². The maximum absolute atomic E-state index is 13.2. The molecule has 2 aliphatic heterocycles. The van der Waals surface area contributed by atoms with Gasteiger partial charge in [-0.25, -0.2) is 4.98 Å². The fraction of sp³-hybridized carbons (Fsp3) is 0.650. The topological polar surface area (TPSA) is 66.0 Å². The lowest BCUT2D eigenvalue weighted by molar-refractivity contribution is -0.157. The minimum Gasteiger partial charge on any atom is -0.464 e. The Hall–Kier alpha value is -2.15. The summed E-state index contributed by atoms with van der Waals surface area (Å²) in [6, 6.07) is 4.15. The van der Waals surface area contributed by atoms with Crippen LogP contribution in [0.4, 0.5) is 5.82 Å². The number of carbonyl (C=O) groups excluding carboxylic acids is 2. The molecular weight excluding hydrogens is 344 g/mol. The van der Waals surface area contributed by atoms with Crippen LogP contribution in [0.15, 0.2) is 18.3 Å². The highest BCUT2D eigenvalue weighted by Gasteiger charge is 2.52. The normalized spacial score (nSPS) is 27.3. The Bertz CT molecular complexity index is 726. The lowest BCUT2D eigenvalue weighted by atomic mass is 9.93. The lowest BCUT2D eigenvalue weighted by Gasteiger charge is -2.44. The summed E-state index contributed by atoms with van der Waals surface area (Å²) >= 11 is 0. The zero-order valence-electron chi connectivity index (χ0n) is 16.2.